The Labute approximate surface area is 131 Å². The molecule has 0 radical (unpaired) electrons. The quantitative estimate of drug-likeness (QED) is 0.597. The SMILES string of the molecule is CCC(C)(c1ccc(C)cc1)c1ccc(OC(=O)OC)cc1. The Hall–Kier alpha value is -2.29. The van der Waals surface area contributed by atoms with Crippen LogP contribution in [0.15, 0.2) is 48.5 Å². The third-order valence-electron chi connectivity index (χ3n) is 4.26. The van der Waals surface area contributed by atoms with Crippen molar-refractivity contribution in [1.29, 1.82) is 0 Å². The highest BCUT2D eigenvalue weighted by Crippen LogP contribution is 2.36. The van der Waals surface area contributed by atoms with Gasteiger partial charge in [-0.15, -0.1) is 0 Å². The van der Waals surface area contributed by atoms with Crippen molar-refractivity contribution >= 4 is 6.16 Å². The lowest BCUT2D eigenvalue weighted by atomic mass is 9.74. The molecule has 22 heavy (non-hydrogen) atoms. The number of aryl methyl sites for hydroxylation is 1. The highest BCUT2D eigenvalue weighted by Gasteiger charge is 2.26. The zero-order valence-corrected chi connectivity index (χ0v) is 13.6. The van der Waals surface area contributed by atoms with E-state index >= 15 is 0 Å². The number of carbonyl (C=O) groups is 1. The summed E-state index contributed by atoms with van der Waals surface area (Å²) >= 11 is 0. The number of hydrogen-bond acceptors (Lipinski definition) is 3. The average molecular weight is 298 g/mol. The van der Waals surface area contributed by atoms with Gasteiger partial charge in [0.25, 0.3) is 0 Å². The highest BCUT2D eigenvalue weighted by atomic mass is 16.7. The van der Waals surface area contributed by atoms with E-state index in [1.807, 2.05) is 12.1 Å². The number of methoxy groups -OCH3 is 1. The summed E-state index contributed by atoms with van der Waals surface area (Å²) in [5.74, 6) is 0.484. The largest absolute Gasteiger partial charge is 0.513 e. The minimum Gasteiger partial charge on any atom is -0.437 e. The van der Waals surface area contributed by atoms with Gasteiger partial charge in [0.2, 0.25) is 0 Å². The van der Waals surface area contributed by atoms with Gasteiger partial charge in [0.15, 0.2) is 0 Å². The van der Waals surface area contributed by atoms with Crippen molar-refractivity contribution in [1.82, 2.24) is 0 Å². The van der Waals surface area contributed by atoms with E-state index < -0.39 is 6.16 Å². The Balaban J connectivity index is 2.30. The number of benzene rings is 2. The number of ether oxygens (including phenoxy) is 2. The molecule has 2 aromatic carbocycles. The third kappa shape index (κ3) is 3.30. The molecule has 3 nitrogen and oxygen atoms in total. The summed E-state index contributed by atoms with van der Waals surface area (Å²) in [5.41, 5.74) is 3.65. The van der Waals surface area contributed by atoms with Gasteiger partial charge in [0.05, 0.1) is 7.11 Å². The molecule has 2 rings (SSSR count). The fourth-order valence-corrected chi connectivity index (χ4v) is 2.53. The summed E-state index contributed by atoms with van der Waals surface area (Å²) in [5, 5.41) is 0. The van der Waals surface area contributed by atoms with Crippen LogP contribution in [0.25, 0.3) is 0 Å². The molecule has 0 heterocycles. The Morgan fingerprint density at radius 2 is 1.50 bits per heavy atom. The second-order valence-corrected chi connectivity index (χ2v) is 5.63. The van der Waals surface area contributed by atoms with Crippen molar-refractivity contribution in [3.8, 4) is 5.75 Å². The molecular formula is C19H22O3. The first-order chi connectivity index (χ1) is 10.5. The van der Waals surface area contributed by atoms with E-state index in [-0.39, 0.29) is 5.41 Å². The molecule has 0 aliphatic rings. The molecule has 0 saturated carbocycles. The molecule has 0 fully saturated rings. The smallest absolute Gasteiger partial charge is 0.437 e. The highest BCUT2D eigenvalue weighted by molar-refractivity contribution is 5.63. The molecule has 1 unspecified atom stereocenters. The normalized spacial score (nSPS) is 13.3. The summed E-state index contributed by atoms with van der Waals surface area (Å²) in [4.78, 5) is 11.1. The molecule has 0 bridgehead atoms. The molecule has 3 heteroatoms. The topological polar surface area (TPSA) is 35.5 Å². The lowest BCUT2D eigenvalue weighted by Gasteiger charge is -2.30. The van der Waals surface area contributed by atoms with E-state index in [2.05, 4.69) is 49.8 Å². The van der Waals surface area contributed by atoms with Gasteiger partial charge in [0.1, 0.15) is 5.75 Å². The van der Waals surface area contributed by atoms with E-state index in [0.717, 1.165) is 6.42 Å². The van der Waals surface area contributed by atoms with Crippen molar-refractivity contribution in [2.24, 2.45) is 0 Å². The Morgan fingerprint density at radius 3 is 1.95 bits per heavy atom. The van der Waals surface area contributed by atoms with E-state index in [1.165, 1.54) is 23.8 Å². The van der Waals surface area contributed by atoms with Crippen molar-refractivity contribution in [3.05, 3.63) is 65.2 Å². The summed E-state index contributed by atoms with van der Waals surface area (Å²) in [6, 6.07) is 16.2. The summed E-state index contributed by atoms with van der Waals surface area (Å²) in [7, 11) is 1.29. The zero-order chi connectivity index (χ0) is 16.2. The van der Waals surface area contributed by atoms with E-state index in [9.17, 15) is 4.79 Å². The van der Waals surface area contributed by atoms with Gasteiger partial charge >= 0.3 is 6.16 Å². The predicted molar refractivity (Wildman–Crippen MR) is 87.4 cm³/mol. The molecular weight excluding hydrogens is 276 g/mol. The second kappa shape index (κ2) is 6.65. The van der Waals surface area contributed by atoms with Crippen molar-refractivity contribution in [2.75, 3.05) is 7.11 Å². The molecule has 0 N–H and O–H groups in total. The van der Waals surface area contributed by atoms with Gasteiger partial charge in [-0.05, 0) is 36.6 Å². The molecule has 1 atom stereocenters. The summed E-state index contributed by atoms with van der Waals surface area (Å²) in [6.07, 6.45) is 0.275. The van der Waals surface area contributed by atoms with Gasteiger partial charge in [-0.25, -0.2) is 4.79 Å². The molecule has 0 aliphatic carbocycles. The first kappa shape index (κ1) is 16.1. The Kier molecular flexibility index (Phi) is 4.86. The van der Waals surface area contributed by atoms with Crippen LogP contribution in [-0.4, -0.2) is 13.3 Å². The maximum Gasteiger partial charge on any atom is 0.513 e. The Morgan fingerprint density at radius 1 is 1.00 bits per heavy atom. The molecule has 116 valence electrons. The van der Waals surface area contributed by atoms with Crippen molar-refractivity contribution < 1.29 is 14.3 Å². The van der Waals surface area contributed by atoms with Gasteiger partial charge in [-0.1, -0.05) is 55.8 Å². The molecule has 0 spiro atoms. The van der Waals surface area contributed by atoms with E-state index in [1.54, 1.807) is 12.1 Å². The van der Waals surface area contributed by atoms with Crippen LogP contribution in [0.3, 0.4) is 0 Å². The number of carbonyl (C=O) groups excluding carboxylic acids is 1. The van der Waals surface area contributed by atoms with Gasteiger partial charge < -0.3 is 9.47 Å². The zero-order valence-electron chi connectivity index (χ0n) is 13.6. The monoisotopic (exact) mass is 298 g/mol. The van der Waals surface area contributed by atoms with Gasteiger partial charge in [-0.2, -0.15) is 0 Å². The van der Waals surface area contributed by atoms with Crippen LogP contribution in [0.2, 0.25) is 0 Å². The standard InChI is InChI=1S/C19H22O3/c1-5-19(3,15-8-6-14(2)7-9-15)16-10-12-17(13-11-16)22-18(20)21-4/h6-13H,5H2,1-4H3. The molecule has 0 aromatic heterocycles. The van der Waals surface area contributed by atoms with Crippen molar-refractivity contribution in [3.63, 3.8) is 0 Å². The number of hydrogen-bond donors (Lipinski definition) is 0. The third-order valence-corrected chi connectivity index (χ3v) is 4.26. The lowest BCUT2D eigenvalue weighted by Crippen LogP contribution is -2.22. The molecule has 0 saturated heterocycles. The minimum absolute atomic E-state index is 0.0719. The summed E-state index contributed by atoms with van der Waals surface area (Å²) in [6.45, 7) is 6.50. The lowest BCUT2D eigenvalue weighted by molar-refractivity contribution is 0.121. The molecule has 2 aromatic rings. The van der Waals surface area contributed by atoms with Gasteiger partial charge in [0, 0.05) is 5.41 Å². The molecule has 0 amide bonds. The van der Waals surface area contributed by atoms with Crippen LogP contribution in [0.4, 0.5) is 4.79 Å². The van der Waals surface area contributed by atoms with Crippen LogP contribution < -0.4 is 4.74 Å². The van der Waals surface area contributed by atoms with Crippen LogP contribution in [-0.2, 0) is 10.2 Å². The maximum absolute atomic E-state index is 11.1. The first-order valence-corrected chi connectivity index (χ1v) is 7.43. The fraction of sp³-hybridized carbons (Fsp3) is 0.316. The second-order valence-electron chi connectivity index (χ2n) is 5.63. The van der Waals surface area contributed by atoms with Gasteiger partial charge in [-0.3, -0.25) is 0 Å². The maximum atomic E-state index is 11.1. The minimum atomic E-state index is -0.704. The van der Waals surface area contributed by atoms with E-state index in [0.29, 0.717) is 5.75 Å². The van der Waals surface area contributed by atoms with Crippen molar-refractivity contribution in [2.45, 2.75) is 32.6 Å². The number of rotatable bonds is 4. The van der Waals surface area contributed by atoms with Crippen LogP contribution in [0.5, 0.6) is 5.75 Å². The Bertz CT molecular complexity index is 629. The van der Waals surface area contributed by atoms with Crippen LogP contribution >= 0.6 is 0 Å². The van der Waals surface area contributed by atoms with E-state index in [4.69, 9.17) is 4.74 Å². The average Bonchev–Trinajstić information content (AvgIpc) is 2.55. The van der Waals surface area contributed by atoms with Crippen LogP contribution in [0.1, 0.15) is 37.0 Å². The predicted octanol–water partition coefficient (Wildman–Crippen LogP) is 4.86. The first-order valence-electron chi connectivity index (χ1n) is 7.43. The van der Waals surface area contributed by atoms with Crippen LogP contribution in [0, 0.1) is 6.92 Å². The summed E-state index contributed by atoms with van der Waals surface area (Å²) < 4.78 is 9.52. The fourth-order valence-electron chi connectivity index (χ4n) is 2.53. The molecule has 0 aliphatic heterocycles.